The summed E-state index contributed by atoms with van der Waals surface area (Å²) in [5.41, 5.74) is 6.74. The Balaban J connectivity index is 2.18. The van der Waals surface area contributed by atoms with Crippen LogP contribution in [0.4, 0.5) is 0 Å². The molecule has 0 amide bonds. The molecule has 1 fully saturated rings. The topological polar surface area (TPSA) is 69.7 Å². The number of phenols is 2. The molecule has 4 N–H and O–H groups in total. The van der Waals surface area contributed by atoms with Crippen molar-refractivity contribution in [3.63, 3.8) is 0 Å². The van der Waals surface area contributed by atoms with Crippen LogP contribution >= 0.6 is 0 Å². The molecule has 1 aromatic rings. The van der Waals surface area contributed by atoms with Gasteiger partial charge in [-0.25, -0.2) is 0 Å². The summed E-state index contributed by atoms with van der Waals surface area (Å²) in [7, 11) is 0. The number of hydrogen-bond donors (Lipinski definition) is 3. The van der Waals surface area contributed by atoms with Crippen molar-refractivity contribution in [2.24, 2.45) is 11.7 Å². The summed E-state index contributed by atoms with van der Waals surface area (Å²) in [4.78, 5) is 2.30. The zero-order valence-electron chi connectivity index (χ0n) is 11.7. The van der Waals surface area contributed by atoms with Crippen LogP contribution in [0.3, 0.4) is 0 Å². The summed E-state index contributed by atoms with van der Waals surface area (Å²) in [6.45, 7) is 6.02. The molecular weight excluding hydrogens is 240 g/mol. The van der Waals surface area contributed by atoms with Gasteiger partial charge >= 0.3 is 0 Å². The zero-order valence-corrected chi connectivity index (χ0v) is 11.7. The van der Waals surface area contributed by atoms with Gasteiger partial charge in [-0.1, -0.05) is 19.4 Å². The lowest BCUT2D eigenvalue weighted by Crippen LogP contribution is -2.47. The Morgan fingerprint density at radius 3 is 2.58 bits per heavy atom. The molecule has 0 radical (unpaired) electrons. The first-order valence-electron chi connectivity index (χ1n) is 7.05. The molecule has 3 unspecified atom stereocenters. The number of aromatic hydroxyl groups is 2. The molecule has 2 rings (SSSR count). The van der Waals surface area contributed by atoms with Gasteiger partial charge < -0.3 is 15.9 Å². The highest BCUT2D eigenvalue weighted by Gasteiger charge is 2.30. The number of likely N-dealkylation sites (tertiary alicyclic amines) is 1. The van der Waals surface area contributed by atoms with Crippen LogP contribution < -0.4 is 5.73 Å². The van der Waals surface area contributed by atoms with E-state index >= 15 is 0 Å². The molecule has 1 aliphatic rings. The molecule has 0 bridgehead atoms. The van der Waals surface area contributed by atoms with E-state index in [4.69, 9.17) is 5.73 Å². The molecule has 1 aliphatic heterocycles. The number of piperidine rings is 1. The Hall–Kier alpha value is -1.26. The fraction of sp³-hybridized carbons (Fsp3) is 0.600. The van der Waals surface area contributed by atoms with E-state index in [-0.39, 0.29) is 23.6 Å². The predicted octanol–water partition coefficient (Wildman–Crippen LogP) is 2.22. The summed E-state index contributed by atoms with van der Waals surface area (Å²) >= 11 is 0. The fourth-order valence-corrected chi connectivity index (χ4v) is 3.01. The minimum atomic E-state index is 0.00255. The van der Waals surface area contributed by atoms with Crippen LogP contribution in [0.25, 0.3) is 0 Å². The van der Waals surface area contributed by atoms with Gasteiger partial charge in [0.25, 0.3) is 0 Å². The molecule has 1 aromatic carbocycles. The highest BCUT2D eigenvalue weighted by atomic mass is 16.3. The summed E-state index contributed by atoms with van der Waals surface area (Å²) in [5, 5.41) is 19.9. The van der Waals surface area contributed by atoms with E-state index in [1.807, 2.05) is 6.92 Å². The maximum absolute atomic E-state index is 9.96. The smallest absolute Gasteiger partial charge is 0.124 e. The van der Waals surface area contributed by atoms with E-state index in [0.29, 0.717) is 11.5 Å². The molecule has 0 saturated carbocycles. The van der Waals surface area contributed by atoms with Crippen LogP contribution in [0.15, 0.2) is 18.2 Å². The Morgan fingerprint density at radius 2 is 2.00 bits per heavy atom. The van der Waals surface area contributed by atoms with Gasteiger partial charge in [-0.3, -0.25) is 4.90 Å². The van der Waals surface area contributed by atoms with Crippen molar-refractivity contribution in [1.82, 2.24) is 4.90 Å². The van der Waals surface area contributed by atoms with Crippen LogP contribution in [-0.4, -0.2) is 34.2 Å². The van der Waals surface area contributed by atoms with Crippen LogP contribution in [0, 0.1) is 5.92 Å². The van der Waals surface area contributed by atoms with Crippen molar-refractivity contribution in [1.29, 1.82) is 0 Å². The first-order valence-corrected chi connectivity index (χ1v) is 7.05. The third-order valence-corrected chi connectivity index (χ3v) is 4.37. The van der Waals surface area contributed by atoms with Crippen LogP contribution in [0.1, 0.15) is 38.3 Å². The van der Waals surface area contributed by atoms with Gasteiger partial charge in [-0.05, 0) is 31.4 Å². The molecule has 0 aliphatic carbocycles. The molecular formula is C15H24N2O2. The number of rotatable bonds is 3. The average molecular weight is 264 g/mol. The van der Waals surface area contributed by atoms with E-state index in [1.165, 1.54) is 0 Å². The standard InChI is InChI=1S/C15H24N2O2/c1-3-11-9-17(8-7-12(11)16)10(2)15-13(18)5-4-6-14(15)19/h4-6,10-12,18-19H,3,7-9,16H2,1-2H3. The van der Waals surface area contributed by atoms with Gasteiger partial charge in [0.05, 0.1) is 5.56 Å². The van der Waals surface area contributed by atoms with Crippen LogP contribution in [0.2, 0.25) is 0 Å². The van der Waals surface area contributed by atoms with Crippen LogP contribution in [-0.2, 0) is 0 Å². The van der Waals surface area contributed by atoms with Crippen molar-refractivity contribution < 1.29 is 10.2 Å². The zero-order chi connectivity index (χ0) is 14.0. The van der Waals surface area contributed by atoms with Crippen molar-refractivity contribution in [3.8, 4) is 11.5 Å². The third-order valence-electron chi connectivity index (χ3n) is 4.37. The molecule has 1 heterocycles. The molecule has 4 nitrogen and oxygen atoms in total. The van der Waals surface area contributed by atoms with Gasteiger partial charge in [0.2, 0.25) is 0 Å². The monoisotopic (exact) mass is 264 g/mol. The van der Waals surface area contributed by atoms with Gasteiger partial charge in [0, 0.05) is 25.2 Å². The van der Waals surface area contributed by atoms with Gasteiger partial charge in [-0.15, -0.1) is 0 Å². The fourth-order valence-electron chi connectivity index (χ4n) is 3.01. The second kappa shape index (κ2) is 5.80. The summed E-state index contributed by atoms with van der Waals surface area (Å²) in [5.74, 6) is 0.815. The van der Waals surface area contributed by atoms with E-state index in [1.54, 1.807) is 18.2 Å². The SMILES string of the molecule is CCC1CN(C(C)c2c(O)cccc2O)CCC1N. The minimum Gasteiger partial charge on any atom is -0.507 e. The maximum Gasteiger partial charge on any atom is 0.124 e. The van der Waals surface area contributed by atoms with Gasteiger partial charge in [-0.2, -0.15) is 0 Å². The molecule has 4 heteroatoms. The van der Waals surface area contributed by atoms with E-state index < -0.39 is 0 Å². The lowest BCUT2D eigenvalue weighted by molar-refractivity contribution is 0.111. The van der Waals surface area contributed by atoms with Crippen molar-refractivity contribution in [3.05, 3.63) is 23.8 Å². The number of hydrogen-bond acceptors (Lipinski definition) is 4. The van der Waals surface area contributed by atoms with Crippen LogP contribution in [0.5, 0.6) is 11.5 Å². The lowest BCUT2D eigenvalue weighted by atomic mass is 9.89. The summed E-state index contributed by atoms with van der Waals surface area (Å²) in [6.07, 6.45) is 2.04. The molecule has 19 heavy (non-hydrogen) atoms. The van der Waals surface area contributed by atoms with Gasteiger partial charge in [0.1, 0.15) is 11.5 Å². The van der Waals surface area contributed by atoms with E-state index in [0.717, 1.165) is 25.9 Å². The number of nitrogens with zero attached hydrogens (tertiary/aromatic N) is 1. The van der Waals surface area contributed by atoms with E-state index in [9.17, 15) is 10.2 Å². The third kappa shape index (κ3) is 2.85. The second-order valence-electron chi connectivity index (χ2n) is 5.50. The summed E-state index contributed by atoms with van der Waals surface area (Å²) < 4.78 is 0. The maximum atomic E-state index is 9.96. The summed E-state index contributed by atoms with van der Waals surface area (Å²) in [6, 6.07) is 5.17. The van der Waals surface area contributed by atoms with Crippen molar-refractivity contribution >= 4 is 0 Å². The Kier molecular flexibility index (Phi) is 4.32. The first-order chi connectivity index (χ1) is 9.04. The van der Waals surface area contributed by atoms with Crippen molar-refractivity contribution in [2.75, 3.05) is 13.1 Å². The Morgan fingerprint density at radius 1 is 1.37 bits per heavy atom. The number of phenolic OH excluding ortho intramolecular Hbond substituents is 2. The lowest BCUT2D eigenvalue weighted by Gasteiger charge is -2.40. The highest BCUT2D eigenvalue weighted by Crippen LogP contribution is 2.37. The average Bonchev–Trinajstić information content (AvgIpc) is 2.39. The highest BCUT2D eigenvalue weighted by molar-refractivity contribution is 5.45. The normalized spacial score (nSPS) is 26.3. The largest absolute Gasteiger partial charge is 0.507 e. The first kappa shape index (κ1) is 14.2. The molecule has 3 atom stereocenters. The second-order valence-corrected chi connectivity index (χ2v) is 5.50. The van der Waals surface area contributed by atoms with Crippen molar-refractivity contribution in [2.45, 2.75) is 38.8 Å². The minimum absolute atomic E-state index is 0.00255. The van der Waals surface area contributed by atoms with Gasteiger partial charge in [0.15, 0.2) is 0 Å². The molecule has 1 saturated heterocycles. The van der Waals surface area contributed by atoms with E-state index in [2.05, 4.69) is 11.8 Å². The molecule has 0 aromatic heterocycles. The quantitative estimate of drug-likeness (QED) is 0.783. The molecule has 106 valence electrons. The Bertz CT molecular complexity index is 416. The molecule has 0 spiro atoms. The number of nitrogens with two attached hydrogens (primary N) is 1. The Labute approximate surface area is 114 Å². The number of benzene rings is 1. The predicted molar refractivity (Wildman–Crippen MR) is 76.1 cm³/mol.